The first-order chi connectivity index (χ1) is 8.04. The van der Waals surface area contributed by atoms with E-state index in [4.69, 9.17) is 10.5 Å². The quantitative estimate of drug-likeness (QED) is 0.758. The van der Waals surface area contributed by atoms with Gasteiger partial charge >= 0.3 is 0 Å². The van der Waals surface area contributed by atoms with Crippen LogP contribution < -0.4 is 10.6 Å². The van der Waals surface area contributed by atoms with Crippen molar-refractivity contribution in [3.63, 3.8) is 0 Å². The van der Waals surface area contributed by atoms with E-state index in [-0.39, 0.29) is 6.04 Å². The highest BCUT2D eigenvalue weighted by atomic mass is 16.5. The summed E-state index contributed by atoms with van der Waals surface area (Å²) in [5, 5.41) is 9.61. The van der Waals surface area contributed by atoms with Gasteiger partial charge in [0.05, 0.1) is 12.7 Å². The molecule has 0 spiro atoms. The molecular formula is C12H21N3O2. The predicted octanol–water partition coefficient (Wildman–Crippen LogP) is 0.545. The van der Waals surface area contributed by atoms with Crippen LogP contribution in [0, 0.1) is 0 Å². The smallest absolute Gasteiger partial charge is 0.128 e. The minimum atomic E-state index is -0.514. The second kappa shape index (κ2) is 6.54. The van der Waals surface area contributed by atoms with Crippen molar-refractivity contribution < 1.29 is 9.84 Å². The molecule has 0 aliphatic heterocycles. The number of rotatable bonds is 6. The Hall–Kier alpha value is -1.17. The van der Waals surface area contributed by atoms with Gasteiger partial charge in [-0.3, -0.25) is 0 Å². The number of pyridine rings is 1. The number of likely N-dealkylation sites (N-methyl/N-ethyl adjacent to an activating group) is 1. The average Bonchev–Trinajstić information content (AvgIpc) is 2.29. The van der Waals surface area contributed by atoms with E-state index in [1.54, 1.807) is 13.3 Å². The molecule has 0 saturated heterocycles. The van der Waals surface area contributed by atoms with Crippen molar-refractivity contribution in [3.05, 3.63) is 23.9 Å². The topological polar surface area (TPSA) is 71.6 Å². The van der Waals surface area contributed by atoms with Crippen LogP contribution in [0.25, 0.3) is 0 Å². The third-order valence-corrected chi connectivity index (χ3v) is 2.53. The van der Waals surface area contributed by atoms with Gasteiger partial charge in [-0.1, -0.05) is 6.07 Å². The van der Waals surface area contributed by atoms with E-state index in [1.807, 2.05) is 31.0 Å². The first-order valence-corrected chi connectivity index (χ1v) is 5.64. The number of ether oxygens (including phenoxy) is 1. The Morgan fingerprint density at radius 1 is 1.53 bits per heavy atom. The van der Waals surface area contributed by atoms with E-state index in [0.717, 1.165) is 11.4 Å². The summed E-state index contributed by atoms with van der Waals surface area (Å²) >= 11 is 0. The van der Waals surface area contributed by atoms with Crippen molar-refractivity contribution in [3.8, 4) is 0 Å². The van der Waals surface area contributed by atoms with Crippen molar-refractivity contribution in [1.29, 1.82) is 0 Å². The first kappa shape index (κ1) is 13.9. The van der Waals surface area contributed by atoms with Crippen molar-refractivity contribution in [1.82, 2.24) is 4.98 Å². The highest BCUT2D eigenvalue weighted by Gasteiger charge is 2.09. The van der Waals surface area contributed by atoms with Gasteiger partial charge in [-0.25, -0.2) is 4.98 Å². The number of methoxy groups -OCH3 is 1. The molecule has 2 atom stereocenters. The monoisotopic (exact) mass is 239 g/mol. The molecule has 0 amide bonds. The molecule has 0 saturated carbocycles. The summed E-state index contributed by atoms with van der Waals surface area (Å²) < 4.78 is 4.88. The van der Waals surface area contributed by atoms with Crippen LogP contribution in [0.3, 0.4) is 0 Å². The van der Waals surface area contributed by atoms with Gasteiger partial charge in [-0.05, 0) is 18.6 Å². The van der Waals surface area contributed by atoms with Gasteiger partial charge in [0.25, 0.3) is 0 Å². The predicted molar refractivity (Wildman–Crippen MR) is 68.0 cm³/mol. The van der Waals surface area contributed by atoms with Gasteiger partial charge in [0.15, 0.2) is 0 Å². The zero-order chi connectivity index (χ0) is 12.8. The van der Waals surface area contributed by atoms with Gasteiger partial charge < -0.3 is 20.5 Å². The number of aliphatic hydroxyl groups is 1. The summed E-state index contributed by atoms with van der Waals surface area (Å²) in [6.07, 6.45) is 1.25. The number of hydrogen-bond donors (Lipinski definition) is 2. The standard InChI is InChI=1S/C12H21N3O2/c1-9(13)10-4-5-12(14-6-10)15(2)7-11(16)8-17-3/h4-6,9,11,16H,7-8,13H2,1-3H3/t9-,11?/m1/s1. The summed E-state index contributed by atoms with van der Waals surface area (Å²) in [5.74, 6) is 0.810. The normalized spacial score (nSPS) is 14.4. The van der Waals surface area contributed by atoms with Gasteiger partial charge in [0, 0.05) is 32.9 Å². The Balaban J connectivity index is 2.60. The molecule has 1 rings (SSSR count). The molecule has 1 unspecified atom stereocenters. The number of nitrogens with zero attached hydrogens (tertiary/aromatic N) is 2. The molecule has 0 aromatic carbocycles. The first-order valence-electron chi connectivity index (χ1n) is 5.64. The summed E-state index contributed by atoms with van der Waals surface area (Å²) in [6.45, 7) is 2.73. The molecule has 17 heavy (non-hydrogen) atoms. The van der Waals surface area contributed by atoms with E-state index in [2.05, 4.69) is 4.98 Å². The Labute approximate surface area is 102 Å². The van der Waals surface area contributed by atoms with E-state index >= 15 is 0 Å². The zero-order valence-electron chi connectivity index (χ0n) is 10.6. The van der Waals surface area contributed by atoms with Gasteiger partial charge in [-0.15, -0.1) is 0 Å². The minimum absolute atomic E-state index is 0.0130. The third-order valence-electron chi connectivity index (χ3n) is 2.53. The molecule has 0 aliphatic rings. The fourth-order valence-corrected chi connectivity index (χ4v) is 1.55. The fraction of sp³-hybridized carbons (Fsp3) is 0.583. The Morgan fingerprint density at radius 2 is 2.24 bits per heavy atom. The van der Waals surface area contributed by atoms with Crippen LogP contribution in [0.4, 0.5) is 5.82 Å². The summed E-state index contributed by atoms with van der Waals surface area (Å²) in [7, 11) is 3.45. The maximum atomic E-state index is 9.61. The van der Waals surface area contributed by atoms with E-state index in [9.17, 15) is 5.11 Å². The van der Waals surface area contributed by atoms with E-state index < -0.39 is 6.10 Å². The minimum Gasteiger partial charge on any atom is -0.389 e. The molecule has 0 aliphatic carbocycles. The lowest BCUT2D eigenvalue weighted by atomic mass is 10.1. The molecule has 5 nitrogen and oxygen atoms in total. The summed E-state index contributed by atoms with van der Waals surface area (Å²) in [4.78, 5) is 6.19. The van der Waals surface area contributed by atoms with Gasteiger partial charge in [0.1, 0.15) is 5.82 Å². The second-order valence-corrected chi connectivity index (χ2v) is 4.23. The molecule has 1 aromatic rings. The molecule has 1 heterocycles. The molecule has 3 N–H and O–H groups in total. The van der Waals surface area contributed by atoms with Crippen LogP contribution in [0.2, 0.25) is 0 Å². The Morgan fingerprint density at radius 3 is 2.71 bits per heavy atom. The largest absolute Gasteiger partial charge is 0.389 e. The molecule has 5 heteroatoms. The van der Waals surface area contributed by atoms with Gasteiger partial charge in [-0.2, -0.15) is 0 Å². The lowest BCUT2D eigenvalue weighted by Crippen LogP contribution is -2.32. The van der Waals surface area contributed by atoms with Crippen LogP contribution in [0.15, 0.2) is 18.3 Å². The van der Waals surface area contributed by atoms with Crippen LogP contribution in [0.5, 0.6) is 0 Å². The molecule has 1 aromatic heterocycles. The van der Waals surface area contributed by atoms with Gasteiger partial charge in [0.2, 0.25) is 0 Å². The number of anilines is 1. The SMILES string of the molecule is COCC(O)CN(C)c1ccc([C@@H](C)N)cn1. The molecule has 0 radical (unpaired) electrons. The highest BCUT2D eigenvalue weighted by Crippen LogP contribution is 2.13. The number of nitrogens with two attached hydrogens (primary N) is 1. The molecule has 0 fully saturated rings. The highest BCUT2D eigenvalue weighted by molar-refractivity contribution is 5.38. The zero-order valence-corrected chi connectivity index (χ0v) is 10.6. The van der Waals surface area contributed by atoms with E-state index in [1.165, 1.54) is 0 Å². The average molecular weight is 239 g/mol. The molecule has 96 valence electrons. The van der Waals surface area contributed by atoms with Crippen LogP contribution in [-0.4, -0.2) is 43.5 Å². The van der Waals surface area contributed by atoms with Crippen molar-refractivity contribution in [2.45, 2.75) is 19.1 Å². The maximum Gasteiger partial charge on any atom is 0.128 e. The maximum absolute atomic E-state index is 9.61. The van der Waals surface area contributed by atoms with Crippen molar-refractivity contribution >= 4 is 5.82 Å². The van der Waals surface area contributed by atoms with Crippen LogP contribution in [0.1, 0.15) is 18.5 Å². The lowest BCUT2D eigenvalue weighted by molar-refractivity contribution is 0.0694. The molecular weight excluding hydrogens is 218 g/mol. The fourth-order valence-electron chi connectivity index (χ4n) is 1.55. The number of hydrogen-bond acceptors (Lipinski definition) is 5. The van der Waals surface area contributed by atoms with Crippen molar-refractivity contribution in [2.24, 2.45) is 5.73 Å². The summed E-state index contributed by atoms with van der Waals surface area (Å²) in [5.41, 5.74) is 6.75. The molecule has 0 bridgehead atoms. The Kier molecular flexibility index (Phi) is 5.34. The Bertz CT molecular complexity index is 327. The lowest BCUT2D eigenvalue weighted by Gasteiger charge is -2.21. The van der Waals surface area contributed by atoms with Crippen LogP contribution >= 0.6 is 0 Å². The van der Waals surface area contributed by atoms with E-state index in [0.29, 0.717) is 13.2 Å². The second-order valence-electron chi connectivity index (χ2n) is 4.23. The third kappa shape index (κ3) is 4.30. The van der Waals surface area contributed by atoms with Crippen molar-refractivity contribution in [2.75, 3.05) is 32.2 Å². The number of aliphatic hydroxyl groups excluding tert-OH is 1. The number of aromatic nitrogens is 1. The summed E-state index contributed by atoms with van der Waals surface area (Å²) in [6, 6.07) is 3.84. The van der Waals surface area contributed by atoms with Crippen LogP contribution in [-0.2, 0) is 4.74 Å².